The van der Waals surface area contributed by atoms with Crippen LogP contribution in [0.2, 0.25) is 0 Å². The summed E-state index contributed by atoms with van der Waals surface area (Å²) in [5, 5.41) is 9.88. The van der Waals surface area contributed by atoms with Crippen LogP contribution in [0.15, 0.2) is 18.3 Å². The lowest BCUT2D eigenvalue weighted by Gasteiger charge is -2.42. The molecule has 0 unspecified atom stereocenters. The molecule has 1 atom stereocenters. The highest BCUT2D eigenvalue weighted by atomic mass is 16.3. The molecule has 2 rings (SSSR count). The topological polar surface area (TPSA) is 62.4 Å². The molecule has 0 aromatic carbocycles. The van der Waals surface area contributed by atoms with Crippen molar-refractivity contribution in [3.63, 3.8) is 0 Å². The van der Waals surface area contributed by atoms with E-state index in [-0.39, 0.29) is 11.5 Å². The number of rotatable bonds is 1. The molecular formula is C12H19N3O. The molecule has 1 saturated heterocycles. The lowest BCUT2D eigenvalue weighted by Crippen LogP contribution is -2.48. The van der Waals surface area contributed by atoms with Crippen molar-refractivity contribution in [3.05, 3.63) is 18.3 Å². The van der Waals surface area contributed by atoms with Gasteiger partial charge in [0.05, 0.1) is 18.0 Å². The molecule has 4 nitrogen and oxygen atoms in total. The lowest BCUT2D eigenvalue weighted by molar-refractivity contribution is 0.0336. The molecule has 1 aromatic rings. The molecule has 0 amide bonds. The molecule has 88 valence electrons. The van der Waals surface area contributed by atoms with E-state index in [1.807, 2.05) is 12.1 Å². The van der Waals surface area contributed by atoms with Crippen molar-refractivity contribution < 1.29 is 5.11 Å². The maximum Gasteiger partial charge on any atom is 0.123 e. The Morgan fingerprint density at radius 2 is 2.25 bits per heavy atom. The van der Waals surface area contributed by atoms with Crippen LogP contribution in [0.5, 0.6) is 0 Å². The Kier molecular flexibility index (Phi) is 2.76. The zero-order valence-corrected chi connectivity index (χ0v) is 9.85. The molecule has 3 N–H and O–H groups in total. The van der Waals surface area contributed by atoms with Gasteiger partial charge in [-0.3, -0.25) is 0 Å². The first kappa shape index (κ1) is 11.2. The quantitative estimate of drug-likeness (QED) is 0.749. The van der Waals surface area contributed by atoms with E-state index in [1.165, 1.54) is 0 Å². The molecule has 0 bridgehead atoms. The van der Waals surface area contributed by atoms with Gasteiger partial charge in [-0.1, -0.05) is 13.8 Å². The van der Waals surface area contributed by atoms with Crippen LogP contribution in [0.25, 0.3) is 0 Å². The van der Waals surface area contributed by atoms with Crippen LogP contribution in [0.4, 0.5) is 11.5 Å². The second-order valence-corrected chi connectivity index (χ2v) is 5.16. The number of hydrogen-bond acceptors (Lipinski definition) is 4. The van der Waals surface area contributed by atoms with E-state index < -0.39 is 0 Å². The zero-order valence-electron chi connectivity index (χ0n) is 9.85. The summed E-state index contributed by atoms with van der Waals surface area (Å²) in [7, 11) is 0. The van der Waals surface area contributed by atoms with Crippen molar-refractivity contribution in [1.29, 1.82) is 0 Å². The van der Waals surface area contributed by atoms with Crippen molar-refractivity contribution >= 4 is 11.5 Å². The number of aliphatic hydroxyl groups excluding tert-OH is 1. The third-order valence-electron chi connectivity index (χ3n) is 3.31. The van der Waals surface area contributed by atoms with Gasteiger partial charge < -0.3 is 15.7 Å². The smallest absolute Gasteiger partial charge is 0.123 e. The number of hydrogen-bond donors (Lipinski definition) is 2. The maximum atomic E-state index is 9.88. The Morgan fingerprint density at radius 3 is 2.81 bits per heavy atom. The van der Waals surface area contributed by atoms with E-state index >= 15 is 0 Å². The number of piperidine rings is 1. The van der Waals surface area contributed by atoms with E-state index in [4.69, 9.17) is 5.73 Å². The zero-order chi connectivity index (χ0) is 11.8. The predicted octanol–water partition coefficient (Wildman–Crippen LogP) is 1.26. The van der Waals surface area contributed by atoms with Crippen molar-refractivity contribution in [1.82, 2.24) is 4.98 Å². The van der Waals surface area contributed by atoms with Crippen LogP contribution in [0.1, 0.15) is 20.3 Å². The summed E-state index contributed by atoms with van der Waals surface area (Å²) in [5.74, 6) is 0.542. The standard InChI is InChI=1S/C12H19N3O/c1-12(2)8-15(6-5-10(12)16)9-3-4-11(13)14-7-9/h3-4,7,10,16H,5-6,8H2,1-2H3,(H2,13,14)/t10-/m1/s1. The van der Waals surface area contributed by atoms with Gasteiger partial charge in [-0.05, 0) is 18.6 Å². The molecule has 1 aliphatic rings. The molecule has 4 heteroatoms. The number of nitrogen functional groups attached to an aromatic ring is 1. The minimum absolute atomic E-state index is 0.0698. The lowest BCUT2D eigenvalue weighted by atomic mass is 9.81. The van der Waals surface area contributed by atoms with Gasteiger partial charge in [-0.15, -0.1) is 0 Å². The third-order valence-corrected chi connectivity index (χ3v) is 3.31. The molecule has 16 heavy (non-hydrogen) atoms. The highest BCUT2D eigenvalue weighted by molar-refractivity contribution is 5.48. The van der Waals surface area contributed by atoms with Crippen molar-refractivity contribution in [2.75, 3.05) is 23.7 Å². The van der Waals surface area contributed by atoms with Gasteiger partial charge in [0.2, 0.25) is 0 Å². The van der Waals surface area contributed by atoms with Crippen LogP contribution >= 0.6 is 0 Å². The molecular weight excluding hydrogens is 202 g/mol. The highest BCUT2D eigenvalue weighted by Gasteiger charge is 2.34. The van der Waals surface area contributed by atoms with Gasteiger partial charge in [0.15, 0.2) is 0 Å². The van der Waals surface area contributed by atoms with Crippen molar-refractivity contribution in [2.45, 2.75) is 26.4 Å². The third kappa shape index (κ3) is 2.11. The monoisotopic (exact) mass is 221 g/mol. The molecule has 2 heterocycles. The summed E-state index contributed by atoms with van der Waals surface area (Å²) in [6.07, 6.45) is 2.38. The van der Waals surface area contributed by atoms with E-state index in [1.54, 1.807) is 6.20 Å². The average molecular weight is 221 g/mol. The van der Waals surface area contributed by atoms with Crippen LogP contribution < -0.4 is 10.6 Å². The minimum Gasteiger partial charge on any atom is -0.392 e. The molecule has 0 radical (unpaired) electrons. The first-order chi connectivity index (χ1) is 7.49. The summed E-state index contributed by atoms with van der Waals surface area (Å²) in [5.41, 5.74) is 6.57. The van der Waals surface area contributed by atoms with Gasteiger partial charge >= 0.3 is 0 Å². The normalized spacial score (nSPS) is 24.4. The Labute approximate surface area is 96.1 Å². The molecule has 0 spiro atoms. The first-order valence-electron chi connectivity index (χ1n) is 5.63. The van der Waals surface area contributed by atoms with E-state index in [2.05, 4.69) is 23.7 Å². The highest BCUT2D eigenvalue weighted by Crippen LogP contribution is 2.31. The second kappa shape index (κ2) is 3.94. The number of aromatic nitrogens is 1. The number of nitrogens with two attached hydrogens (primary N) is 1. The van der Waals surface area contributed by atoms with Crippen LogP contribution in [-0.2, 0) is 0 Å². The number of aliphatic hydroxyl groups is 1. The molecule has 1 aromatic heterocycles. The molecule has 0 aliphatic carbocycles. The van der Waals surface area contributed by atoms with Gasteiger partial charge in [0, 0.05) is 18.5 Å². The largest absolute Gasteiger partial charge is 0.392 e. The summed E-state index contributed by atoms with van der Waals surface area (Å²) in [4.78, 5) is 6.34. The van der Waals surface area contributed by atoms with Gasteiger partial charge in [0.25, 0.3) is 0 Å². The Hall–Kier alpha value is -1.29. The van der Waals surface area contributed by atoms with Crippen LogP contribution in [-0.4, -0.2) is 29.3 Å². The first-order valence-corrected chi connectivity index (χ1v) is 5.63. The average Bonchev–Trinajstić information content (AvgIpc) is 2.23. The predicted molar refractivity (Wildman–Crippen MR) is 65.3 cm³/mol. The van der Waals surface area contributed by atoms with Gasteiger partial charge in [-0.2, -0.15) is 0 Å². The Balaban J connectivity index is 2.14. The van der Waals surface area contributed by atoms with Crippen LogP contribution in [0, 0.1) is 5.41 Å². The van der Waals surface area contributed by atoms with Crippen LogP contribution in [0.3, 0.4) is 0 Å². The van der Waals surface area contributed by atoms with Gasteiger partial charge in [0.1, 0.15) is 5.82 Å². The molecule has 1 fully saturated rings. The summed E-state index contributed by atoms with van der Waals surface area (Å²) in [6.45, 7) is 5.90. The van der Waals surface area contributed by atoms with Crippen molar-refractivity contribution in [2.24, 2.45) is 5.41 Å². The summed E-state index contributed by atoms with van der Waals surface area (Å²) >= 11 is 0. The summed E-state index contributed by atoms with van der Waals surface area (Å²) in [6, 6.07) is 3.80. The second-order valence-electron chi connectivity index (χ2n) is 5.16. The number of anilines is 2. The Bertz CT molecular complexity index is 361. The van der Waals surface area contributed by atoms with Crippen molar-refractivity contribution in [3.8, 4) is 0 Å². The van der Waals surface area contributed by atoms with E-state index in [9.17, 15) is 5.11 Å². The number of nitrogens with zero attached hydrogens (tertiary/aromatic N) is 2. The molecule has 0 saturated carbocycles. The fourth-order valence-electron chi connectivity index (χ4n) is 2.15. The summed E-state index contributed by atoms with van der Waals surface area (Å²) < 4.78 is 0. The number of pyridine rings is 1. The minimum atomic E-state index is -0.217. The maximum absolute atomic E-state index is 9.88. The van der Waals surface area contributed by atoms with Gasteiger partial charge in [-0.25, -0.2) is 4.98 Å². The SMILES string of the molecule is CC1(C)CN(c2ccc(N)nc2)CC[C@H]1O. The Morgan fingerprint density at radius 1 is 1.50 bits per heavy atom. The van der Waals surface area contributed by atoms with E-state index in [0.29, 0.717) is 5.82 Å². The fourth-order valence-corrected chi connectivity index (χ4v) is 2.15. The molecule has 1 aliphatic heterocycles. The fraction of sp³-hybridized carbons (Fsp3) is 0.583. The van der Waals surface area contributed by atoms with E-state index in [0.717, 1.165) is 25.2 Å².